The second-order valence-corrected chi connectivity index (χ2v) is 8.60. The molecule has 3 rings (SSSR count). The van der Waals surface area contributed by atoms with Crippen LogP contribution in [0.25, 0.3) is 0 Å². The summed E-state index contributed by atoms with van der Waals surface area (Å²) in [6, 6.07) is 15.2. The van der Waals surface area contributed by atoms with Gasteiger partial charge < -0.3 is 5.32 Å². The largest absolute Gasteiger partial charge is 0.352 e. The van der Waals surface area contributed by atoms with Crippen molar-refractivity contribution in [3.05, 3.63) is 65.2 Å². The number of nitrogens with zero attached hydrogens (tertiary/aromatic N) is 1. The third-order valence-electron chi connectivity index (χ3n) is 4.62. The number of hydrogen-bond donors (Lipinski definition) is 1. The van der Waals surface area contributed by atoms with E-state index in [1.807, 2.05) is 37.3 Å². The molecule has 1 amide bonds. The molecule has 2 aromatic rings. The highest BCUT2D eigenvalue weighted by molar-refractivity contribution is 7.92. The molecule has 26 heavy (non-hydrogen) atoms. The number of hydrogen-bond acceptors (Lipinski definition) is 3. The minimum absolute atomic E-state index is 0.142. The van der Waals surface area contributed by atoms with E-state index in [0.717, 1.165) is 18.4 Å². The second kappa shape index (κ2) is 7.91. The molecule has 138 valence electrons. The number of aryl methyl sites for hydroxylation is 1. The maximum atomic E-state index is 12.4. The van der Waals surface area contributed by atoms with E-state index in [9.17, 15) is 13.2 Å². The summed E-state index contributed by atoms with van der Waals surface area (Å²) < 4.78 is 26.0. The van der Waals surface area contributed by atoms with Crippen molar-refractivity contribution >= 4 is 21.6 Å². The van der Waals surface area contributed by atoms with E-state index in [-0.39, 0.29) is 11.7 Å². The smallest absolute Gasteiger partial charge is 0.251 e. The Morgan fingerprint density at radius 2 is 1.88 bits per heavy atom. The van der Waals surface area contributed by atoms with Crippen LogP contribution in [0, 0.1) is 6.92 Å². The quantitative estimate of drug-likeness (QED) is 0.878. The summed E-state index contributed by atoms with van der Waals surface area (Å²) in [4.78, 5) is 12.4. The third kappa shape index (κ3) is 4.25. The van der Waals surface area contributed by atoms with Crippen molar-refractivity contribution in [2.45, 2.75) is 26.2 Å². The highest BCUT2D eigenvalue weighted by atomic mass is 32.2. The molecule has 0 unspecified atom stereocenters. The Kier molecular flexibility index (Phi) is 5.61. The maximum absolute atomic E-state index is 12.4. The standard InChI is InChI=1S/C20H24N2O3S/c1-16-15-18(20(23)21-12-11-17-7-3-2-4-8-17)9-10-19(16)22-13-5-6-14-26(22,24)25/h2-4,7-10,15H,5-6,11-14H2,1H3,(H,21,23). The van der Waals surface area contributed by atoms with Gasteiger partial charge in [0.2, 0.25) is 10.0 Å². The molecule has 0 atom stereocenters. The summed E-state index contributed by atoms with van der Waals surface area (Å²) in [5.74, 6) is 0.0471. The van der Waals surface area contributed by atoms with Gasteiger partial charge >= 0.3 is 0 Å². The lowest BCUT2D eigenvalue weighted by atomic mass is 10.1. The van der Waals surface area contributed by atoms with Gasteiger partial charge in [-0.3, -0.25) is 9.10 Å². The first-order chi connectivity index (χ1) is 12.5. The van der Waals surface area contributed by atoms with Crippen molar-refractivity contribution in [3.8, 4) is 0 Å². The Morgan fingerprint density at radius 1 is 1.12 bits per heavy atom. The highest BCUT2D eigenvalue weighted by Crippen LogP contribution is 2.27. The van der Waals surface area contributed by atoms with Crippen LogP contribution < -0.4 is 9.62 Å². The lowest BCUT2D eigenvalue weighted by molar-refractivity contribution is 0.0954. The number of rotatable bonds is 5. The number of carbonyl (C=O) groups is 1. The van der Waals surface area contributed by atoms with E-state index >= 15 is 0 Å². The van der Waals surface area contributed by atoms with Crippen LogP contribution in [0.1, 0.15) is 34.3 Å². The first-order valence-electron chi connectivity index (χ1n) is 8.90. The number of benzene rings is 2. The fraction of sp³-hybridized carbons (Fsp3) is 0.350. The summed E-state index contributed by atoms with van der Waals surface area (Å²) in [5.41, 5.74) is 3.19. The monoisotopic (exact) mass is 372 g/mol. The zero-order valence-corrected chi connectivity index (χ0v) is 15.8. The lowest BCUT2D eigenvalue weighted by Gasteiger charge is -2.29. The van der Waals surface area contributed by atoms with Crippen molar-refractivity contribution in [2.75, 3.05) is 23.1 Å². The molecular formula is C20H24N2O3S. The molecule has 1 aliphatic heterocycles. The SMILES string of the molecule is Cc1cc(C(=O)NCCc2ccccc2)ccc1N1CCCCS1(=O)=O. The summed E-state index contributed by atoms with van der Waals surface area (Å²) in [6.07, 6.45) is 2.34. The van der Waals surface area contributed by atoms with Gasteiger partial charge in [0.25, 0.3) is 5.91 Å². The number of carbonyl (C=O) groups excluding carboxylic acids is 1. The Hall–Kier alpha value is -2.34. The lowest BCUT2D eigenvalue weighted by Crippen LogP contribution is -2.38. The van der Waals surface area contributed by atoms with Gasteiger partial charge in [-0.05, 0) is 55.5 Å². The average molecular weight is 372 g/mol. The molecule has 5 nitrogen and oxygen atoms in total. The molecule has 6 heteroatoms. The molecular weight excluding hydrogens is 348 g/mol. The van der Waals surface area contributed by atoms with Crippen LogP contribution >= 0.6 is 0 Å². The second-order valence-electron chi connectivity index (χ2n) is 6.59. The zero-order valence-electron chi connectivity index (χ0n) is 14.9. The van der Waals surface area contributed by atoms with Gasteiger partial charge in [0, 0.05) is 18.7 Å². The first-order valence-corrected chi connectivity index (χ1v) is 10.5. The number of amides is 1. The van der Waals surface area contributed by atoms with Gasteiger partial charge in [-0.15, -0.1) is 0 Å². The Labute approximate surface area is 155 Å². The van der Waals surface area contributed by atoms with Crippen LogP contribution in [0.3, 0.4) is 0 Å². The summed E-state index contributed by atoms with van der Waals surface area (Å²) in [6.45, 7) is 2.91. The molecule has 1 aliphatic rings. The summed E-state index contributed by atoms with van der Waals surface area (Å²) >= 11 is 0. The van der Waals surface area contributed by atoms with Gasteiger partial charge in [0.15, 0.2) is 0 Å². The molecule has 0 aliphatic carbocycles. The molecule has 0 radical (unpaired) electrons. The number of nitrogens with one attached hydrogen (secondary N) is 1. The van der Waals surface area contributed by atoms with Gasteiger partial charge in [-0.25, -0.2) is 8.42 Å². The van der Waals surface area contributed by atoms with Crippen LogP contribution in [0.2, 0.25) is 0 Å². The van der Waals surface area contributed by atoms with Crippen LogP contribution in [0.15, 0.2) is 48.5 Å². The summed E-state index contributed by atoms with van der Waals surface area (Å²) in [7, 11) is -3.24. The van der Waals surface area contributed by atoms with Crippen molar-refractivity contribution < 1.29 is 13.2 Å². The predicted octanol–water partition coefficient (Wildman–Crippen LogP) is 2.90. The van der Waals surface area contributed by atoms with Gasteiger partial charge in [-0.1, -0.05) is 30.3 Å². The molecule has 0 spiro atoms. The summed E-state index contributed by atoms with van der Waals surface area (Å²) in [5, 5.41) is 2.92. The van der Waals surface area contributed by atoms with Gasteiger partial charge in [-0.2, -0.15) is 0 Å². The number of sulfonamides is 1. The van der Waals surface area contributed by atoms with Gasteiger partial charge in [0.05, 0.1) is 11.4 Å². The molecule has 1 fully saturated rings. The minimum atomic E-state index is -3.24. The predicted molar refractivity (Wildman–Crippen MR) is 104 cm³/mol. The van der Waals surface area contributed by atoms with E-state index in [4.69, 9.17) is 0 Å². The van der Waals surface area contributed by atoms with Crippen molar-refractivity contribution in [2.24, 2.45) is 0 Å². The molecule has 1 N–H and O–H groups in total. The molecule has 1 heterocycles. The number of anilines is 1. The van der Waals surface area contributed by atoms with E-state index in [1.54, 1.807) is 18.2 Å². The average Bonchev–Trinajstić information content (AvgIpc) is 2.62. The van der Waals surface area contributed by atoms with Crippen molar-refractivity contribution in [1.82, 2.24) is 5.32 Å². The molecule has 2 aromatic carbocycles. The highest BCUT2D eigenvalue weighted by Gasteiger charge is 2.27. The topological polar surface area (TPSA) is 66.5 Å². The van der Waals surface area contributed by atoms with E-state index in [1.165, 1.54) is 9.87 Å². The normalized spacial score (nSPS) is 16.3. The Balaban J connectivity index is 1.66. The molecule has 0 saturated carbocycles. The van der Waals surface area contributed by atoms with Crippen LogP contribution in [-0.2, 0) is 16.4 Å². The van der Waals surface area contributed by atoms with Gasteiger partial charge in [0.1, 0.15) is 0 Å². The fourth-order valence-corrected chi connectivity index (χ4v) is 4.90. The molecule has 0 bridgehead atoms. The van der Waals surface area contributed by atoms with Crippen molar-refractivity contribution in [3.63, 3.8) is 0 Å². The van der Waals surface area contributed by atoms with E-state index in [2.05, 4.69) is 5.32 Å². The van der Waals surface area contributed by atoms with Crippen LogP contribution in [0.4, 0.5) is 5.69 Å². The molecule has 0 aromatic heterocycles. The first kappa shape index (κ1) is 18.5. The minimum Gasteiger partial charge on any atom is -0.352 e. The van der Waals surface area contributed by atoms with E-state index in [0.29, 0.717) is 30.8 Å². The van der Waals surface area contributed by atoms with E-state index < -0.39 is 10.0 Å². The van der Waals surface area contributed by atoms with Crippen LogP contribution in [-0.4, -0.2) is 33.2 Å². The molecule has 1 saturated heterocycles. The maximum Gasteiger partial charge on any atom is 0.251 e. The zero-order chi connectivity index (χ0) is 18.6. The fourth-order valence-electron chi connectivity index (χ4n) is 3.20. The Morgan fingerprint density at radius 3 is 2.58 bits per heavy atom. The van der Waals surface area contributed by atoms with Crippen molar-refractivity contribution in [1.29, 1.82) is 0 Å². The third-order valence-corrected chi connectivity index (χ3v) is 6.47. The Bertz CT molecular complexity index is 879. The van der Waals surface area contributed by atoms with Crippen LogP contribution in [0.5, 0.6) is 0 Å².